The third-order valence-corrected chi connectivity index (χ3v) is 2.32. The molecule has 0 aliphatic rings. The summed E-state index contributed by atoms with van der Waals surface area (Å²) in [5, 5.41) is 0.545. The van der Waals surface area contributed by atoms with Gasteiger partial charge in [-0.3, -0.25) is 0 Å². The number of likely N-dealkylation sites (N-methyl/N-ethyl adjacent to an activating group) is 1. The maximum Gasteiger partial charge on any atom is 0.126 e. The fourth-order valence-electron chi connectivity index (χ4n) is 1.52. The van der Waals surface area contributed by atoms with Crippen LogP contribution in [-0.2, 0) is 6.42 Å². The van der Waals surface area contributed by atoms with Gasteiger partial charge in [-0.05, 0) is 44.3 Å². The van der Waals surface area contributed by atoms with E-state index in [1.807, 2.05) is 19.0 Å². The molecular weight excluding hydrogens is 215 g/mol. The van der Waals surface area contributed by atoms with Crippen LogP contribution in [0, 0.1) is 5.82 Å². The number of hydrogen-bond acceptors (Lipinski definition) is 2. The van der Waals surface area contributed by atoms with Crippen molar-refractivity contribution in [3.8, 4) is 0 Å². The molecular formula is C11H16ClFN2. The van der Waals surface area contributed by atoms with Gasteiger partial charge in [0.25, 0.3) is 0 Å². The topological polar surface area (TPSA) is 29.3 Å². The van der Waals surface area contributed by atoms with Gasteiger partial charge in [-0.2, -0.15) is 0 Å². The van der Waals surface area contributed by atoms with Gasteiger partial charge in [-0.15, -0.1) is 0 Å². The normalized spacial score (nSPS) is 13.2. The first-order valence-electron chi connectivity index (χ1n) is 4.83. The minimum Gasteiger partial charge on any atom is -0.326 e. The summed E-state index contributed by atoms with van der Waals surface area (Å²) in [6.07, 6.45) is 0.505. The first-order valence-corrected chi connectivity index (χ1v) is 5.21. The second-order valence-corrected chi connectivity index (χ2v) is 4.40. The summed E-state index contributed by atoms with van der Waals surface area (Å²) in [7, 11) is 3.88. The van der Waals surface area contributed by atoms with Gasteiger partial charge in [0.1, 0.15) is 5.82 Å². The van der Waals surface area contributed by atoms with Crippen molar-refractivity contribution in [3.63, 3.8) is 0 Å². The van der Waals surface area contributed by atoms with Gasteiger partial charge in [0.05, 0.1) is 0 Å². The Balaban J connectivity index is 2.67. The highest BCUT2D eigenvalue weighted by atomic mass is 35.5. The molecule has 0 aliphatic heterocycles. The smallest absolute Gasteiger partial charge is 0.126 e. The van der Waals surface area contributed by atoms with Gasteiger partial charge in [0.15, 0.2) is 0 Å². The van der Waals surface area contributed by atoms with E-state index in [4.69, 9.17) is 17.3 Å². The monoisotopic (exact) mass is 230 g/mol. The lowest BCUT2D eigenvalue weighted by atomic mass is 10.1. The minimum absolute atomic E-state index is 0.0760. The first kappa shape index (κ1) is 12.4. The van der Waals surface area contributed by atoms with Crippen LogP contribution in [0.1, 0.15) is 5.56 Å². The molecule has 1 atom stereocenters. The first-order chi connectivity index (χ1) is 6.99. The lowest BCUT2D eigenvalue weighted by Crippen LogP contribution is -2.35. The molecule has 0 aromatic heterocycles. The average molecular weight is 231 g/mol. The molecule has 0 fully saturated rings. The SMILES string of the molecule is CN(C)CC(N)Cc1cc(Cl)ccc1F. The maximum absolute atomic E-state index is 13.3. The highest BCUT2D eigenvalue weighted by Gasteiger charge is 2.09. The quantitative estimate of drug-likeness (QED) is 0.856. The molecule has 0 saturated heterocycles. The Labute approximate surface area is 94.8 Å². The number of nitrogens with zero attached hydrogens (tertiary/aromatic N) is 1. The highest BCUT2D eigenvalue weighted by Crippen LogP contribution is 2.16. The van der Waals surface area contributed by atoms with Gasteiger partial charge in [0.2, 0.25) is 0 Å². The molecule has 15 heavy (non-hydrogen) atoms. The Bertz CT molecular complexity index is 328. The lowest BCUT2D eigenvalue weighted by molar-refractivity contribution is 0.369. The van der Waals surface area contributed by atoms with Crippen molar-refractivity contribution in [1.29, 1.82) is 0 Å². The van der Waals surface area contributed by atoms with Gasteiger partial charge in [-0.25, -0.2) is 4.39 Å². The summed E-state index contributed by atoms with van der Waals surface area (Å²) in [6, 6.07) is 4.47. The largest absolute Gasteiger partial charge is 0.326 e. The molecule has 1 aromatic carbocycles. The molecule has 0 bridgehead atoms. The third kappa shape index (κ3) is 4.16. The van der Waals surface area contributed by atoms with Crippen molar-refractivity contribution >= 4 is 11.6 Å². The zero-order valence-corrected chi connectivity index (χ0v) is 9.76. The molecule has 0 heterocycles. The van der Waals surface area contributed by atoms with Crippen molar-refractivity contribution in [2.45, 2.75) is 12.5 Å². The molecule has 0 radical (unpaired) electrons. The Morgan fingerprint density at radius 2 is 2.13 bits per heavy atom. The molecule has 84 valence electrons. The van der Waals surface area contributed by atoms with Crippen molar-refractivity contribution in [2.75, 3.05) is 20.6 Å². The van der Waals surface area contributed by atoms with E-state index in [1.54, 1.807) is 6.07 Å². The second-order valence-electron chi connectivity index (χ2n) is 3.96. The van der Waals surface area contributed by atoms with Gasteiger partial charge >= 0.3 is 0 Å². The van der Waals surface area contributed by atoms with E-state index in [2.05, 4.69) is 0 Å². The summed E-state index contributed by atoms with van der Waals surface area (Å²) >= 11 is 5.79. The standard InChI is InChI=1S/C11H16ClFN2/c1-15(2)7-10(14)6-8-5-9(12)3-4-11(8)13/h3-5,10H,6-7,14H2,1-2H3. The van der Waals surface area contributed by atoms with Crippen LogP contribution in [0.2, 0.25) is 5.02 Å². The van der Waals surface area contributed by atoms with E-state index in [0.29, 0.717) is 17.0 Å². The second kappa shape index (κ2) is 5.45. The molecule has 0 aliphatic carbocycles. The van der Waals surface area contributed by atoms with Crippen LogP contribution in [-0.4, -0.2) is 31.6 Å². The van der Waals surface area contributed by atoms with Crippen molar-refractivity contribution in [2.24, 2.45) is 5.73 Å². The minimum atomic E-state index is -0.242. The maximum atomic E-state index is 13.3. The molecule has 4 heteroatoms. The van der Waals surface area contributed by atoms with Gasteiger partial charge in [-0.1, -0.05) is 11.6 Å². The lowest BCUT2D eigenvalue weighted by Gasteiger charge is -2.17. The number of rotatable bonds is 4. The highest BCUT2D eigenvalue weighted by molar-refractivity contribution is 6.30. The van der Waals surface area contributed by atoms with Gasteiger partial charge < -0.3 is 10.6 Å². The van der Waals surface area contributed by atoms with E-state index in [1.165, 1.54) is 12.1 Å². The summed E-state index contributed by atoms with van der Waals surface area (Å²) in [4.78, 5) is 1.98. The van der Waals surface area contributed by atoms with Crippen molar-refractivity contribution < 1.29 is 4.39 Å². The van der Waals surface area contributed by atoms with Crippen LogP contribution in [0.5, 0.6) is 0 Å². The van der Waals surface area contributed by atoms with Crippen molar-refractivity contribution in [3.05, 3.63) is 34.6 Å². The molecule has 0 spiro atoms. The Kier molecular flexibility index (Phi) is 4.51. The predicted octanol–water partition coefficient (Wildman–Crippen LogP) is 1.91. The summed E-state index contributed by atoms with van der Waals surface area (Å²) in [5.41, 5.74) is 6.45. The summed E-state index contributed by atoms with van der Waals surface area (Å²) in [6.45, 7) is 0.728. The molecule has 1 rings (SSSR count). The Morgan fingerprint density at radius 3 is 2.73 bits per heavy atom. The van der Waals surface area contributed by atoms with Crippen LogP contribution in [0.3, 0.4) is 0 Å². The Hall–Kier alpha value is -0.640. The number of nitrogens with two attached hydrogens (primary N) is 1. The molecule has 1 aromatic rings. The molecule has 2 N–H and O–H groups in total. The number of halogens is 2. The molecule has 0 amide bonds. The third-order valence-electron chi connectivity index (χ3n) is 2.09. The van der Waals surface area contributed by atoms with E-state index in [9.17, 15) is 4.39 Å². The number of benzene rings is 1. The van der Waals surface area contributed by atoms with Crippen LogP contribution in [0.15, 0.2) is 18.2 Å². The van der Waals surface area contributed by atoms with E-state index >= 15 is 0 Å². The van der Waals surface area contributed by atoms with Crippen molar-refractivity contribution in [1.82, 2.24) is 4.90 Å². The van der Waals surface area contributed by atoms with E-state index in [0.717, 1.165) is 6.54 Å². The Morgan fingerprint density at radius 1 is 1.47 bits per heavy atom. The fraction of sp³-hybridized carbons (Fsp3) is 0.455. The van der Waals surface area contributed by atoms with E-state index in [-0.39, 0.29) is 11.9 Å². The predicted molar refractivity (Wildman–Crippen MR) is 61.6 cm³/mol. The molecule has 0 saturated carbocycles. The fourth-order valence-corrected chi connectivity index (χ4v) is 1.71. The average Bonchev–Trinajstić information content (AvgIpc) is 2.10. The molecule has 1 unspecified atom stereocenters. The van der Waals surface area contributed by atoms with Gasteiger partial charge in [0, 0.05) is 17.6 Å². The van der Waals surface area contributed by atoms with E-state index < -0.39 is 0 Å². The zero-order chi connectivity index (χ0) is 11.4. The van der Waals surface area contributed by atoms with Crippen LogP contribution in [0.4, 0.5) is 4.39 Å². The summed E-state index contributed by atoms with van der Waals surface area (Å²) in [5.74, 6) is -0.242. The number of hydrogen-bond donors (Lipinski definition) is 1. The van der Waals surface area contributed by atoms with Crippen LogP contribution in [0.25, 0.3) is 0 Å². The van der Waals surface area contributed by atoms with Crippen LogP contribution < -0.4 is 5.73 Å². The zero-order valence-electron chi connectivity index (χ0n) is 9.00. The van der Waals surface area contributed by atoms with Crippen LogP contribution >= 0.6 is 11.6 Å². The summed E-state index contributed by atoms with van der Waals surface area (Å²) < 4.78 is 13.3. The molecule has 2 nitrogen and oxygen atoms in total.